The molecule has 6 nitrogen and oxygen atoms in total. The van der Waals surface area contributed by atoms with Crippen molar-refractivity contribution < 1.29 is 9.59 Å². The highest BCUT2D eigenvalue weighted by molar-refractivity contribution is 6.15. The van der Waals surface area contributed by atoms with E-state index >= 15 is 0 Å². The van der Waals surface area contributed by atoms with Crippen molar-refractivity contribution in [3.63, 3.8) is 0 Å². The van der Waals surface area contributed by atoms with Crippen LogP contribution in [-0.2, 0) is 15.0 Å². The molecule has 6 rings (SSSR count). The molecular weight excluding hydrogens is 400 g/mol. The normalized spacial score (nSPS) is 22.7. The van der Waals surface area contributed by atoms with Crippen molar-refractivity contribution in [1.29, 1.82) is 0 Å². The van der Waals surface area contributed by atoms with E-state index in [0.29, 0.717) is 11.7 Å². The van der Waals surface area contributed by atoms with Crippen LogP contribution in [0.1, 0.15) is 49.7 Å². The summed E-state index contributed by atoms with van der Waals surface area (Å²) in [7, 11) is 0. The number of para-hydroxylation sites is 2. The summed E-state index contributed by atoms with van der Waals surface area (Å²) >= 11 is 0. The molecule has 0 bridgehead atoms. The van der Waals surface area contributed by atoms with Crippen molar-refractivity contribution in [1.82, 2.24) is 9.78 Å². The van der Waals surface area contributed by atoms with Crippen LogP contribution in [0.2, 0.25) is 0 Å². The van der Waals surface area contributed by atoms with Gasteiger partial charge in [-0.15, -0.1) is 0 Å². The zero-order valence-electron chi connectivity index (χ0n) is 18.0. The Morgan fingerprint density at radius 3 is 2.50 bits per heavy atom. The molecule has 1 atom stereocenters. The van der Waals surface area contributed by atoms with Crippen LogP contribution in [0.4, 0.5) is 11.5 Å². The number of hydrogen-bond donors (Lipinski definition) is 1. The summed E-state index contributed by atoms with van der Waals surface area (Å²) in [6.07, 6.45) is 7.95. The van der Waals surface area contributed by atoms with Crippen LogP contribution >= 0.6 is 0 Å². The number of aromatic nitrogens is 2. The second kappa shape index (κ2) is 7.33. The molecule has 3 aliphatic rings. The summed E-state index contributed by atoms with van der Waals surface area (Å²) in [6, 6.07) is 17.7. The number of nitrogens with zero attached hydrogens (tertiary/aromatic N) is 3. The fourth-order valence-corrected chi connectivity index (χ4v) is 5.82. The maximum atomic E-state index is 14.2. The number of carbonyl (C=O) groups is 2. The summed E-state index contributed by atoms with van der Waals surface area (Å²) in [5, 5.41) is 7.60. The quantitative estimate of drug-likeness (QED) is 0.674. The Kier molecular flexibility index (Phi) is 4.42. The second-order valence-corrected chi connectivity index (χ2v) is 9.22. The Labute approximate surface area is 187 Å². The van der Waals surface area contributed by atoms with E-state index in [1.165, 1.54) is 19.3 Å². The molecule has 0 saturated heterocycles. The molecule has 6 heteroatoms. The number of anilines is 2. The van der Waals surface area contributed by atoms with Gasteiger partial charge in [0, 0.05) is 24.2 Å². The Hall–Kier alpha value is -3.41. The number of amides is 2. The van der Waals surface area contributed by atoms with Gasteiger partial charge < -0.3 is 10.2 Å². The number of fused-ring (bicyclic) bond motifs is 4. The Morgan fingerprint density at radius 1 is 0.938 bits per heavy atom. The zero-order chi connectivity index (χ0) is 21.7. The van der Waals surface area contributed by atoms with E-state index in [1.807, 2.05) is 59.5 Å². The van der Waals surface area contributed by atoms with E-state index in [1.54, 1.807) is 10.9 Å². The molecular formula is C26H26N4O2. The molecule has 1 N–H and O–H groups in total. The van der Waals surface area contributed by atoms with Crippen LogP contribution in [0.5, 0.6) is 0 Å². The summed E-state index contributed by atoms with van der Waals surface area (Å²) in [5.41, 5.74) is 2.48. The fourth-order valence-electron chi connectivity index (χ4n) is 5.82. The maximum Gasteiger partial charge on any atom is 0.242 e. The van der Waals surface area contributed by atoms with E-state index in [2.05, 4.69) is 10.4 Å². The minimum atomic E-state index is -1.02. The smallest absolute Gasteiger partial charge is 0.242 e. The summed E-state index contributed by atoms with van der Waals surface area (Å²) in [4.78, 5) is 29.1. The molecule has 2 amide bonds. The number of rotatable bonds is 3. The van der Waals surface area contributed by atoms with Crippen molar-refractivity contribution in [2.45, 2.75) is 43.9 Å². The van der Waals surface area contributed by atoms with Crippen molar-refractivity contribution in [2.75, 3.05) is 16.8 Å². The lowest BCUT2D eigenvalue weighted by atomic mass is 9.72. The predicted octanol–water partition coefficient (Wildman–Crippen LogP) is 4.43. The molecule has 3 heterocycles. The van der Waals surface area contributed by atoms with Crippen molar-refractivity contribution in [2.24, 2.45) is 5.92 Å². The molecule has 0 radical (unpaired) electrons. The van der Waals surface area contributed by atoms with E-state index in [4.69, 9.17) is 0 Å². The van der Waals surface area contributed by atoms with E-state index in [9.17, 15) is 9.59 Å². The van der Waals surface area contributed by atoms with Gasteiger partial charge in [0.2, 0.25) is 11.8 Å². The first-order valence-corrected chi connectivity index (χ1v) is 11.5. The molecule has 162 valence electrons. The molecule has 2 aliphatic heterocycles. The lowest BCUT2D eigenvalue weighted by Gasteiger charge is -2.33. The lowest BCUT2D eigenvalue weighted by Crippen LogP contribution is -2.47. The standard InChI is InChI=1S/C26H26N4O2/c31-23-15-26(21-16-27-30(24(21)28-23)19-11-5-2-6-12-19)20-13-7-8-14-22(20)29(25(26)32)17-18-9-3-1-4-10-18/h2,5-8,11-14,16,18H,1,3-4,9-10,15,17H2,(H,28,31). The highest BCUT2D eigenvalue weighted by Gasteiger charge is 2.57. The average molecular weight is 427 g/mol. The minimum absolute atomic E-state index is 0.00739. The number of carbonyl (C=O) groups excluding carboxylic acids is 2. The monoisotopic (exact) mass is 426 g/mol. The molecule has 1 spiro atoms. The van der Waals surface area contributed by atoms with Crippen LogP contribution in [0.15, 0.2) is 60.8 Å². The van der Waals surface area contributed by atoms with Gasteiger partial charge in [-0.2, -0.15) is 5.10 Å². The highest BCUT2D eigenvalue weighted by Crippen LogP contribution is 2.52. The highest BCUT2D eigenvalue weighted by atomic mass is 16.2. The SMILES string of the molecule is O=C1CC2(C(=O)N(CC3CCCCC3)c3ccccc32)c2cnn(-c3ccccc3)c2N1. The minimum Gasteiger partial charge on any atom is -0.311 e. The van der Waals surface area contributed by atoms with Gasteiger partial charge in [0.15, 0.2) is 0 Å². The van der Waals surface area contributed by atoms with Crippen LogP contribution < -0.4 is 10.2 Å². The molecule has 1 unspecified atom stereocenters. The predicted molar refractivity (Wildman–Crippen MR) is 123 cm³/mol. The number of nitrogens with one attached hydrogen (secondary N) is 1. The second-order valence-electron chi connectivity index (χ2n) is 9.22. The number of hydrogen-bond acceptors (Lipinski definition) is 3. The first-order chi connectivity index (χ1) is 15.7. The van der Waals surface area contributed by atoms with E-state index in [-0.39, 0.29) is 18.2 Å². The Bertz CT molecular complexity index is 1200. The largest absolute Gasteiger partial charge is 0.311 e. The molecule has 1 aliphatic carbocycles. The Balaban J connectivity index is 1.49. The Morgan fingerprint density at radius 2 is 1.69 bits per heavy atom. The van der Waals surface area contributed by atoms with Crippen molar-refractivity contribution >= 4 is 23.3 Å². The van der Waals surface area contributed by atoms with Crippen molar-refractivity contribution in [3.8, 4) is 5.69 Å². The third kappa shape index (κ3) is 2.75. The summed E-state index contributed by atoms with van der Waals surface area (Å²) in [5.74, 6) is 0.959. The topological polar surface area (TPSA) is 67.2 Å². The third-order valence-corrected chi connectivity index (χ3v) is 7.34. The van der Waals surface area contributed by atoms with Gasteiger partial charge >= 0.3 is 0 Å². The summed E-state index contributed by atoms with van der Waals surface area (Å²) < 4.78 is 1.73. The third-order valence-electron chi connectivity index (χ3n) is 7.34. The van der Waals surface area contributed by atoms with Gasteiger partial charge in [-0.05, 0) is 42.5 Å². The fraction of sp³-hybridized carbons (Fsp3) is 0.346. The first kappa shape index (κ1) is 19.3. The van der Waals surface area contributed by atoms with Gasteiger partial charge in [0.05, 0.1) is 11.9 Å². The van der Waals surface area contributed by atoms with Gasteiger partial charge in [0.1, 0.15) is 11.2 Å². The summed E-state index contributed by atoms with van der Waals surface area (Å²) in [6.45, 7) is 0.724. The maximum absolute atomic E-state index is 14.2. The lowest BCUT2D eigenvalue weighted by molar-refractivity contribution is -0.126. The zero-order valence-corrected chi connectivity index (χ0v) is 18.0. The van der Waals surface area contributed by atoms with Crippen molar-refractivity contribution in [3.05, 3.63) is 71.9 Å². The molecule has 3 aromatic rings. The van der Waals surface area contributed by atoms with Crippen LogP contribution in [0.3, 0.4) is 0 Å². The van der Waals surface area contributed by atoms with Gasteiger partial charge in [-0.25, -0.2) is 4.68 Å². The molecule has 32 heavy (non-hydrogen) atoms. The number of benzene rings is 2. The van der Waals surface area contributed by atoms with Crippen LogP contribution in [0.25, 0.3) is 5.69 Å². The molecule has 1 aromatic heterocycles. The molecule has 1 saturated carbocycles. The molecule has 2 aromatic carbocycles. The molecule has 1 fully saturated rings. The van der Waals surface area contributed by atoms with Gasteiger partial charge in [0.25, 0.3) is 0 Å². The van der Waals surface area contributed by atoms with Crippen LogP contribution in [-0.4, -0.2) is 28.1 Å². The van der Waals surface area contributed by atoms with E-state index < -0.39 is 5.41 Å². The van der Waals surface area contributed by atoms with Gasteiger partial charge in [-0.3, -0.25) is 9.59 Å². The van der Waals surface area contributed by atoms with Crippen LogP contribution in [0, 0.1) is 5.92 Å². The average Bonchev–Trinajstić information content (AvgIpc) is 3.35. The first-order valence-electron chi connectivity index (χ1n) is 11.5. The van der Waals surface area contributed by atoms with E-state index in [0.717, 1.165) is 41.9 Å². The van der Waals surface area contributed by atoms with Gasteiger partial charge in [-0.1, -0.05) is 55.7 Å².